The van der Waals surface area contributed by atoms with Crippen LogP contribution in [0.4, 0.5) is 0 Å². The lowest BCUT2D eigenvalue weighted by atomic mass is 10.1. The van der Waals surface area contributed by atoms with Gasteiger partial charge < -0.3 is 10.4 Å². The van der Waals surface area contributed by atoms with E-state index in [-0.39, 0.29) is 11.7 Å². The molecular weight excluding hydrogens is 276 g/mol. The number of aromatic carboxylic acids is 1. The molecular formula is C15H15ClN2O2. The third-order valence-corrected chi connectivity index (χ3v) is 3.24. The second kappa shape index (κ2) is 6.50. The van der Waals surface area contributed by atoms with Crippen molar-refractivity contribution in [1.29, 1.82) is 0 Å². The van der Waals surface area contributed by atoms with Gasteiger partial charge >= 0.3 is 5.97 Å². The zero-order chi connectivity index (χ0) is 14.5. The summed E-state index contributed by atoms with van der Waals surface area (Å²) in [5, 5.41) is 12.9. The van der Waals surface area contributed by atoms with Crippen molar-refractivity contribution in [3.63, 3.8) is 0 Å². The number of carbonyl (C=O) groups is 1. The van der Waals surface area contributed by atoms with Gasteiger partial charge in [0.25, 0.3) is 0 Å². The monoisotopic (exact) mass is 290 g/mol. The first kappa shape index (κ1) is 14.5. The van der Waals surface area contributed by atoms with Gasteiger partial charge in [0.05, 0.1) is 5.69 Å². The molecule has 2 rings (SSSR count). The highest BCUT2D eigenvalue weighted by atomic mass is 35.5. The van der Waals surface area contributed by atoms with Gasteiger partial charge in [-0.2, -0.15) is 0 Å². The van der Waals surface area contributed by atoms with Gasteiger partial charge in [-0.1, -0.05) is 29.8 Å². The topological polar surface area (TPSA) is 62.2 Å². The van der Waals surface area contributed by atoms with E-state index in [2.05, 4.69) is 10.3 Å². The molecule has 0 amide bonds. The van der Waals surface area contributed by atoms with E-state index in [1.807, 2.05) is 31.2 Å². The Hall–Kier alpha value is -1.91. The molecule has 0 spiro atoms. The van der Waals surface area contributed by atoms with Crippen molar-refractivity contribution < 1.29 is 9.90 Å². The molecule has 0 radical (unpaired) electrons. The number of nitrogens with zero attached hydrogens (tertiary/aromatic N) is 1. The van der Waals surface area contributed by atoms with Crippen molar-refractivity contribution in [1.82, 2.24) is 10.3 Å². The Morgan fingerprint density at radius 2 is 2.00 bits per heavy atom. The minimum absolute atomic E-state index is 0.0587. The first-order valence-corrected chi connectivity index (χ1v) is 6.62. The van der Waals surface area contributed by atoms with Crippen LogP contribution in [-0.4, -0.2) is 16.1 Å². The molecule has 4 nitrogen and oxygen atoms in total. The largest absolute Gasteiger partial charge is 0.477 e. The predicted octanol–water partition coefficient (Wildman–Crippen LogP) is 3.28. The second-order valence-electron chi connectivity index (χ2n) is 4.47. The van der Waals surface area contributed by atoms with Crippen LogP contribution in [0.2, 0.25) is 5.02 Å². The fourth-order valence-corrected chi connectivity index (χ4v) is 1.95. The number of hydrogen-bond donors (Lipinski definition) is 2. The molecule has 1 atom stereocenters. The SMILES string of the molecule is C[C@H](NCc1cccc(C(=O)O)n1)c1ccc(Cl)cc1. The number of benzene rings is 1. The van der Waals surface area contributed by atoms with Crippen LogP contribution in [0.3, 0.4) is 0 Å². The summed E-state index contributed by atoms with van der Waals surface area (Å²) in [7, 11) is 0. The number of halogens is 1. The number of pyridine rings is 1. The standard InChI is InChI=1S/C15H15ClN2O2/c1-10(11-5-7-12(16)8-6-11)17-9-13-3-2-4-14(18-13)15(19)20/h2-8,10,17H,9H2,1H3,(H,19,20)/t10-/m0/s1. The van der Waals surface area contributed by atoms with E-state index in [1.54, 1.807) is 12.1 Å². The molecule has 20 heavy (non-hydrogen) atoms. The lowest BCUT2D eigenvalue weighted by Gasteiger charge is -2.14. The third-order valence-electron chi connectivity index (χ3n) is 2.99. The van der Waals surface area contributed by atoms with Gasteiger partial charge in [-0.15, -0.1) is 0 Å². The van der Waals surface area contributed by atoms with Crippen LogP contribution in [0.1, 0.15) is 34.7 Å². The van der Waals surface area contributed by atoms with E-state index >= 15 is 0 Å². The molecule has 2 N–H and O–H groups in total. The van der Waals surface area contributed by atoms with Crippen LogP contribution in [0.5, 0.6) is 0 Å². The van der Waals surface area contributed by atoms with Gasteiger partial charge in [0.15, 0.2) is 0 Å². The number of rotatable bonds is 5. The van der Waals surface area contributed by atoms with E-state index in [0.717, 1.165) is 5.56 Å². The van der Waals surface area contributed by atoms with Crippen LogP contribution in [0.25, 0.3) is 0 Å². The van der Waals surface area contributed by atoms with Crippen molar-refractivity contribution in [3.8, 4) is 0 Å². The van der Waals surface area contributed by atoms with Crippen LogP contribution in [0, 0.1) is 0 Å². The lowest BCUT2D eigenvalue weighted by molar-refractivity contribution is 0.0690. The Bertz CT molecular complexity index is 599. The maximum Gasteiger partial charge on any atom is 0.354 e. The number of carboxylic acids is 1. The van der Waals surface area contributed by atoms with Crippen molar-refractivity contribution in [2.24, 2.45) is 0 Å². The third kappa shape index (κ3) is 3.79. The molecule has 0 aliphatic carbocycles. The van der Waals surface area contributed by atoms with Gasteiger partial charge in [-0.05, 0) is 36.8 Å². The van der Waals surface area contributed by atoms with Gasteiger partial charge in [-0.3, -0.25) is 0 Å². The summed E-state index contributed by atoms with van der Waals surface area (Å²) in [5.74, 6) is -1.02. The Balaban J connectivity index is 1.99. The second-order valence-corrected chi connectivity index (χ2v) is 4.91. The van der Waals surface area contributed by atoms with Gasteiger partial charge in [0, 0.05) is 17.6 Å². The average Bonchev–Trinajstić information content (AvgIpc) is 2.46. The fraction of sp³-hybridized carbons (Fsp3) is 0.200. The quantitative estimate of drug-likeness (QED) is 0.887. The van der Waals surface area contributed by atoms with Crippen LogP contribution < -0.4 is 5.32 Å². The Labute approximate surface area is 122 Å². The van der Waals surface area contributed by atoms with Gasteiger partial charge in [0.1, 0.15) is 5.69 Å². The maximum absolute atomic E-state index is 10.8. The fourth-order valence-electron chi connectivity index (χ4n) is 1.82. The summed E-state index contributed by atoms with van der Waals surface area (Å²) in [4.78, 5) is 14.9. The number of aromatic nitrogens is 1. The highest BCUT2D eigenvalue weighted by Gasteiger charge is 2.07. The lowest BCUT2D eigenvalue weighted by Crippen LogP contribution is -2.19. The van der Waals surface area contributed by atoms with Crippen molar-refractivity contribution in [3.05, 3.63) is 64.4 Å². The highest BCUT2D eigenvalue weighted by molar-refractivity contribution is 6.30. The molecule has 0 aliphatic rings. The smallest absolute Gasteiger partial charge is 0.354 e. The van der Waals surface area contributed by atoms with E-state index in [9.17, 15) is 4.79 Å². The normalized spacial score (nSPS) is 12.1. The molecule has 2 aromatic rings. The summed E-state index contributed by atoms with van der Waals surface area (Å²) >= 11 is 5.85. The van der Waals surface area contributed by atoms with Gasteiger partial charge in [-0.25, -0.2) is 9.78 Å². The van der Waals surface area contributed by atoms with Crippen LogP contribution >= 0.6 is 11.6 Å². The first-order valence-electron chi connectivity index (χ1n) is 6.24. The van der Waals surface area contributed by atoms with Crippen molar-refractivity contribution >= 4 is 17.6 Å². The minimum Gasteiger partial charge on any atom is -0.477 e. The summed E-state index contributed by atoms with van der Waals surface area (Å²) in [6.07, 6.45) is 0. The van der Waals surface area contributed by atoms with Gasteiger partial charge in [0.2, 0.25) is 0 Å². The molecule has 0 saturated heterocycles. The zero-order valence-electron chi connectivity index (χ0n) is 11.0. The van der Waals surface area contributed by atoms with E-state index < -0.39 is 5.97 Å². The Morgan fingerprint density at radius 1 is 1.30 bits per heavy atom. The summed E-state index contributed by atoms with van der Waals surface area (Å²) in [6, 6.07) is 12.7. The molecule has 0 unspecified atom stereocenters. The molecule has 1 aromatic heterocycles. The molecule has 0 bridgehead atoms. The summed E-state index contributed by atoms with van der Waals surface area (Å²) in [6.45, 7) is 2.54. The molecule has 1 aromatic carbocycles. The Kier molecular flexibility index (Phi) is 4.71. The number of nitrogens with one attached hydrogen (secondary N) is 1. The van der Waals surface area contributed by atoms with Crippen LogP contribution in [0.15, 0.2) is 42.5 Å². The molecule has 0 saturated carbocycles. The maximum atomic E-state index is 10.8. The van der Waals surface area contributed by atoms with E-state index in [4.69, 9.17) is 16.7 Å². The molecule has 1 heterocycles. The number of carboxylic acid groups (broad SMARTS) is 1. The molecule has 0 fully saturated rings. The van der Waals surface area contributed by atoms with Crippen LogP contribution in [-0.2, 0) is 6.54 Å². The van der Waals surface area contributed by atoms with Crippen molar-refractivity contribution in [2.45, 2.75) is 19.5 Å². The van der Waals surface area contributed by atoms with E-state index in [1.165, 1.54) is 6.07 Å². The Morgan fingerprint density at radius 3 is 2.65 bits per heavy atom. The van der Waals surface area contributed by atoms with Crippen molar-refractivity contribution in [2.75, 3.05) is 0 Å². The molecule has 5 heteroatoms. The highest BCUT2D eigenvalue weighted by Crippen LogP contribution is 2.16. The summed E-state index contributed by atoms with van der Waals surface area (Å²) < 4.78 is 0. The zero-order valence-corrected chi connectivity index (χ0v) is 11.8. The molecule has 0 aliphatic heterocycles. The first-order chi connectivity index (χ1) is 9.56. The number of hydrogen-bond acceptors (Lipinski definition) is 3. The average molecular weight is 291 g/mol. The summed E-state index contributed by atoms with van der Waals surface area (Å²) in [5.41, 5.74) is 1.87. The van der Waals surface area contributed by atoms with E-state index in [0.29, 0.717) is 17.3 Å². The predicted molar refractivity (Wildman–Crippen MR) is 77.9 cm³/mol. The minimum atomic E-state index is -1.02. The molecule has 104 valence electrons.